The minimum atomic E-state index is 0.288. The average Bonchev–Trinajstić information content (AvgIpc) is 1.88. The van der Waals surface area contributed by atoms with Crippen LogP contribution >= 0.6 is 0 Å². The summed E-state index contributed by atoms with van der Waals surface area (Å²) >= 11 is 0. The topological polar surface area (TPSA) is 20.2 Å². The van der Waals surface area contributed by atoms with Gasteiger partial charge in [-0.2, -0.15) is 0 Å². The van der Waals surface area contributed by atoms with Crippen LogP contribution in [0.5, 0.6) is 5.75 Å². The van der Waals surface area contributed by atoms with Gasteiger partial charge >= 0.3 is 0 Å². The Morgan fingerprint density at radius 2 is 2.20 bits per heavy atom. The molecule has 0 aliphatic carbocycles. The van der Waals surface area contributed by atoms with Crippen LogP contribution in [0.3, 0.4) is 0 Å². The average molecular weight is 133 g/mol. The minimum Gasteiger partial charge on any atom is -0.508 e. The molecule has 1 nitrogen and oxygen atoms in total. The van der Waals surface area contributed by atoms with E-state index in [1.165, 1.54) is 0 Å². The summed E-state index contributed by atoms with van der Waals surface area (Å²) in [7, 11) is 0. The molecule has 51 valence electrons. The molecule has 0 saturated carbocycles. The second-order valence-corrected chi connectivity index (χ2v) is 2.00. The van der Waals surface area contributed by atoms with E-state index in [9.17, 15) is 0 Å². The van der Waals surface area contributed by atoms with E-state index in [0.717, 1.165) is 5.56 Å². The molecule has 1 N–H and O–H groups in total. The molecule has 0 heterocycles. The molecule has 0 fully saturated rings. The lowest BCUT2D eigenvalue weighted by molar-refractivity contribution is 0.475. The Bertz CT molecular complexity index is 228. The summed E-state index contributed by atoms with van der Waals surface area (Å²) in [5, 5.41) is 8.99. The summed E-state index contributed by atoms with van der Waals surface area (Å²) in [6, 6.07) is 7.02. The molecule has 0 aliphatic rings. The van der Waals surface area contributed by atoms with Gasteiger partial charge in [-0.1, -0.05) is 18.2 Å². The molecule has 0 aliphatic heterocycles. The molecular formula is C9H9O. The summed E-state index contributed by atoms with van der Waals surface area (Å²) in [5.74, 6) is 0.288. The third-order valence-corrected chi connectivity index (χ3v) is 1.18. The van der Waals surface area contributed by atoms with Crippen molar-refractivity contribution in [2.75, 3.05) is 0 Å². The number of phenols is 1. The number of phenolic OH excluding ortho intramolecular Hbond substituents is 1. The van der Waals surface area contributed by atoms with Crippen molar-refractivity contribution in [2.45, 2.75) is 0 Å². The normalized spacial score (nSPS) is 9.20. The summed E-state index contributed by atoms with van der Waals surface area (Å²) in [6.07, 6.45) is 3.52. The number of hydrogen-bond acceptors (Lipinski definition) is 1. The quantitative estimate of drug-likeness (QED) is 0.655. The van der Waals surface area contributed by atoms with Crippen molar-refractivity contribution in [3.8, 4) is 5.75 Å². The van der Waals surface area contributed by atoms with Crippen LogP contribution in [0.1, 0.15) is 5.56 Å². The summed E-state index contributed by atoms with van der Waals surface area (Å²) in [4.78, 5) is 0. The summed E-state index contributed by atoms with van der Waals surface area (Å²) in [6.45, 7) is 3.55. The Kier molecular flexibility index (Phi) is 2.11. The third kappa shape index (κ3) is 1.62. The minimum absolute atomic E-state index is 0.288. The molecular weight excluding hydrogens is 124 g/mol. The zero-order valence-corrected chi connectivity index (χ0v) is 5.62. The Hall–Kier alpha value is -1.24. The first-order valence-electron chi connectivity index (χ1n) is 3.08. The van der Waals surface area contributed by atoms with Crippen molar-refractivity contribution in [1.82, 2.24) is 0 Å². The second kappa shape index (κ2) is 3.06. The maximum absolute atomic E-state index is 8.99. The van der Waals surface area contributed by atoms with Crippen LogP contribution in [0.25, 0.3) is 0 Å². The highest BCUT2D eigenvalue weighted by molar-refractivity contribution is 5.33. The van der Waals surface area contributed by atoms with E-state index in [4.69, 9.17) is 5.11 Å². The number of benzene rings is 1. The SMILES string of the molecule is C=C[CH]c1cccc(O)c1. The van der Waals surface area contributed by atoms with E-state index >= 15 is 0 Å². The van der Waals surface area contributed by atoms with Crippen LogP contribution < -0.4 is 0 Å². The molecule has 1 aromatic carbocycles. The van der Waals surface area contributed by atoms with E-state index in [-0.39, 0.29) is 5.75 Å². The number of hydrogen-bond donors (Lipinski definition) is 1. The molecule has 0 unspecified atom stereocenters. The van der Waals surface area contributed by atoms with Crippen LogP contribution in [0.15, 0.2) is 36.9 Å². The molecule has 1 radical (unpaired) electrons. The maximum atomic E-state index is 8.99. The number of allylic oxidation sites excluding steroid dienone is 1. The van der Waals surface area contributed by atoms with Crippen LogP contribution in [0.2, 0.25) is 0 Å². The van der Waals surface area contributed by atoms with Gasteiger partial charge in [-0.3, -0.25) is 0 Å². The summed E-state index contributed by atoms with van der Waals surface area (Å²) < 4.78 is 0. The molecule has 1 heteroatoms. The highest BCUT2D eigenvalue weighted by Crippen LogP contribution is 2.11. The fourth-order valence-corrected chi connectivity index (χ4v) is 0.765. The van der Waals surface area contributed by atoms with Crippen LogP contribution in [-0.2, 0) is 0 Å². The number of aromatic hydroxyl groups is 1. The van der Waals surface area contributed by atoms with Gasteiger partial charge in [0.05, 0.1) is 0 Å². The van der Waals surface area contributed by atoms with E-state index in [2.05, 4.69) is 6.58 Å². The molecule has 0 saturated heterocycles. The lowest BCUT2D eigenvalue weighted by Crippen LogP contribution is -1.74. The van der Waals surface area contributed by atoms with Gasteiger partial charge in [0.25, 0.3) is 0 Å². The van der Waals surface area contributed by atoms with Crippen LogP contribution in [0.4, 0.5) is 0 Å². The highest BCUT2D eigenvalue weighted by Gasteiger charge is 1.89. The van der Waals surface area contributed by atoms with Gasteiger partial charge < -0.3 is 5.11 Å². The van der Waals surface area contributed by atoms with E-state index < -0.39 is 0 Å². The Morgan fingerprint density at radius 1 is 1.40 bits per heavy atom. The Balaban J connectivity index is 2.84. The molecule has 0 spiro atoms. The predicted molar refractivity (Wildman–Crippen MR) is 41.7 cm³/mol. The van der Waals surface area contributed by atoms with E-state index in [1.807, 2.05) is 12.5 Å². The lowest BCUT2D eigenvalue weighted by atomic mass is 10.1. The first-order valence-corrected chi connectivity index (χ1v) is 3.08. The fourth-order valence-electron chi connectivity index (χ4n) is 0.765. The molecule has 1 aromatic rings. The molecule has 0 bridgehead atoms. The molecule has 10 heavy (non-hydrogen) atoms. The monoisotopic (exact) mass is 133 g/mol. The first-order chi connectivity index (χ1) is 4.83. The van der Waals surface area contributed by atoms with E-state index in [1.54, 1.807) is 24.3 Å². The van der Waals surface area contributed by atoms with Gasteiger partial charge in [0.1, 0.15) is 5.75 Å². The third-order valence-electron chi connectivity index (χ3n) is 1.18. The smallest absolute Gasteiger partial charge is 0.115 e. The van der Waals surface area contributed by atoms with Gasteiger partial charge in [0, 0.05) is 6.42 Å². The van der Waals surface area contributed by atoms with E-state index in [0.29, 0.717) is 0 Å². The van der Waals surface area contributed by atoms with Gasteiger partial charge in [-0.25, -0.2) is 0 Å². The van der Waals surface area contributed by atoms with Crippen molar-refractivity contribution < 1.29 is 5.11 Å². The van der Waals surface area contributed by atoms with Gasteiger partial charge in [-0.15, -0.1) is 6.58 Å². The van der Waals surface area contributed by atoms with Crippen molar-refractivity contribution in [1.29, 1.82) is 0 Å². The van der Waals surface area contributed by atoms with Gasteiger partial charge in [0.15, 0.2) is 0 Å². The molecule has 1 rings (SSSR count). The van der Waals surface area contributed by atoms with Crippen LogP contribution in [-0.4, -0.2) is 5.11 Å². The fraction of sp³-hybridized carbons (Fsp3) is 0. The second-order valence-electron chi connectivity index (χ2n) is 2.00. The Labute approximate surface area is 60.6 Å². The standard InChI is InChI=1S/C9H9O/c1-2-4-8-5-3-6-9(10)7-8/h2-7,10H,1H2. The van der Waals surface area contributed by atoms with Crippen molar-refractivity contribution in [3.05, 3.63) is 48.9 Å². The van der Waals surface area contributed by atoms with Crippen LogP contribution in [0, 0.1) is 6.42 Å². The predicted octanol–water partition coefficient (Wildman–Crippen LogP) is 2.13. The van der Waals surface area contributed by atoms with Crippen molar-refractivity contribution in [2.24, 2.45) is 0 Å². The molecule has 0 amide bonds. The number of rotatable bonds is 2. The zero-order chi connectivity index (χ0) is 7.40. The van der Waals surface area contributed by atoms with Crippen molar-refractivity contribution >= 4 is 0 Å². The largest absolute Gasteiger partial charge is 0.508 e. The van der Waals surface area contributed by atoms with Gasteiger partial charge in [0.2, 0.25) is 0 Å². The highest BCUT2D eigenvalue weighted by atomic mass is 16.3. The maximum Gasteiger partial charge on any atom is 0.115 e. The Morgan fingerprint density at radius 3 is 2.80 bits per heavy atom. The van der Waals surface area contributed by atoms with Gasteiger partial charge in [-0.05, 0) is 17.7 Å². The molecule has 0 aromatic heterocycles. The zero-order valence-electron chi connectivity index (χ0n) is 5.62. The first kappa shape index (κ1) is 6.87. The molecule has 0 atom stereocenters. The van der Waals surface area contributed by atoms with Crippen molar-refractivity contribution in [3.63, 3.8) is 0 Å². The summed E-state index contributed by atoms with van der Waals surface area (Å²) in [5.41, 5.74) is 0.968. The lowest BCUT2D eigenvalue weighted by Gasteiger charge is -1.94.